The summed E-state index contributed by atoms with van der Waals surface area (Å²) in [6, 6.07) is 26.3. The molecule has 0 fully saturated rings. The van der Waals surface area contributed by atoms with Gasteiger partial charge in [-0.15, -0.1) is 0 Å². The van der Waals surface area contributed by atoms with Crippen LogP contribution >= 0.6 is 0 Å². The molecule has 1 unspecified atom stereocenters. The van der Waals surface area contributed by atoms with Gasteiger partial charge in [0.2, 0.25) is 0 Å². The SMILES string of the molecule is CCCCCCCCCCCCOc1ccc(-c2ccccc2-c2ccc(C(C)OCCCCCCCCCCC)cc2)cc1. The molecule has 2 nitrogen and oxygen atoms in total. The summed E-state index contributed by atoms with van der Waals surface area (Å²) in [6.45, 7) is 8.40. The van der Waals surface area contributed by atoms with E-state index in [2.05, 4.69) is 93.6 Å². The maximum absolute atomic E-state index is 6.20. The molecule has 3 aromatic rings. The van der Waals surface area contributed by atoms with E-state index in [9.17, 15) is 0 Å². The van der Waals surface area contributed by atoms with Crippen molar-refractivity contribution in [2.75, 3.05) is 13.2 Å². The van der Waals surface area contributed by atoms with Crippen molar-refractivity contribution in [3.05, 3.63) is 78.4 Å². The average molecular weight is 613 g/mol. The number of hydrogen-bond donors (Lipinski definition) is 0. The van der Waals surface area contributed by atoms with E-state index in [0.717, 1.165) is 31.8 Å². The second-order valence-corrected chi connectivity index (χ2v) is 13.1. The molecular formula is C43H64O2. The van der Waals surface area contributed by atoms with E-state index in [-0.39, 0.29) is 6.10 Å². The van der Waals surface area contributed by atoms with Crippen LogP contribution in [0.1, 0.15) is 154 Å². The molecule has 0 heterocycles. The van der Waals surface area contributed by atoms with Crippen LogP contribution in [-0.4, -0.2) is 13.2 Å². The van der Waals surface area contributed by atoms with E-state index in [1.165, 1.54) is 137 Å². The van der Waals surface area contributed by atoms with Gasteiger partial charge in [0.25, 0.3) is 0 Å². The summed E-state index contributed by atoms with van der Waals surface area (Å²) < 4.78 is 12.3. The molecule has 1 atom stereocenters. The van der Waals surface area contributed by atoms with Gasteiger partial charge in [-0.1, -0.05) is 184 Å². The molecule has 0 amide bonds. The van der Waals surface area contributed by atoms with E-state index in [4.69, 9.17) is 9.47 Å². The van der Waals surface area contributed by atoms with E-state index in [1.807, 2.05) is 0 Å². The van der Waals surface area contributed by atoms with E-state index in [0.29, 0.717) is 0 Å². The summed E-state index contributed by atoms with van der Waals surface area (Å²) in [4.78, 5) is 0. The van der Waals surface area contributed by atoms with Crippen LogP contribution in [-0.2, 0) is 4.74 Å². The number of benzene rings is 3. The summed E-state index contributed by atoms with van der Waals surface area (Å²) in [5, 5.41) is 0. The molecule has 0 aliphatic carbocycles. The van der Waals surface area contributed by atoms with Gasteiger partial charge >= 0.3 is 0 Å². The van der Waals surface area contributed by atoms with Crippen LogP contribution in [0, 0.1) is 0 Å². The second kappa shape index (κ2) is 23.7. The molecule has 45 heavy (non-hydrogen) atoms. The van der Waals surface area contributed by atoms with Gasteiger partial charge in [-0.3, -0.25) is 0 Å². The van der Waals surface area contributed by atoms with E-state index < -0.39 is 0 Å². The Bertz CT molecular complexity index is 1120. The Kier molecular flexibility index (Phi) is 19.4. The number of rotatable bonds is 26. The first-order chi connectivity index (χ1) is 22.2. The fourth-order valence-corrected chi connectivity index (χ4v) is 6.20. The molecule has 0 saturated heterocycles. The molecule has 0 N–H and O–H groups in total. The van der Waals surface area contributed by atoms with Crippen molar-refractivity contribution in [2.24, 2.45) is 0 Å². The lowest BCUT2D eigenvalue weighted by molar-refractivity contribution is 0.0627. The van der Waals surface area contributed by atoms with Crippen LogP contribution in [0.2, 0.25) is 0 Å². The van der Waals surface area contributed by atoms with Gasteiger partial charge in [0.05, 0.1) is 12.7 Å². The quantitative estimate of drug-likeness (QED) is 0.0840. The highest BCUT2D eigenvalue weighted by atomic mass is 16.5. The topological polar surface area (TPSA) is 18.5 Å². The highest BCUT2D eigenvalue weighted by Gasteiger charge is 2.10. The minimum atomic E-state index is 0.121. The van der Waals surface area contributed by atoms with Crippen LogP contribution in [0.25, 0.3) is 22.3 Å². The maximum Gasteiger partial charge on any atom is 0.119 e. The van der Waals surface area contributed by atoms with Gasteiger partial charge in [-0.05, 0) is 59.7 Å². The van der Waals surface area contributed by atoms with Gasteiger partial charge in [0.15, 0.2) is 0 Å². The summed E-state index contributed by atoms with van der Waals surface area (Å²) in [6.07, 6.45) is 25.7. The molecule has 2 heteroatoms. The lowest BCUT2D eigenvalue weighted by Gasteiger charge is -2.15. The van der Waals surface area contributed by atoms with Crippen LogP contribution < -0.4 is 4.74 Å². The average Bonchev–Trinajstić information content (AvgIpc) is 3.08. The molecule has 248 valence electrons. The van der Waals surface area contributed by atoms with Crippen molar-refractivity contribution >= 4 is 0 Å². The first kappa shape index (κ1) is 36.9. The number of unbranched alkanes of at least 4 members (excludes halogenated alkanes) is 17. The Hall–Kier alpha value is -2.58. The predicted molar refractivity (Wildman–Crippen MR) is 196 cm³/mol. The van der Waals surface area contributed by atoms with Crippen molar-refractivity contribution in [1.82, 2.24) is 0 Å². The Morgan fingerprint density at radius 3 is 1.31 bits per heavy atom. The molecular weight excluding hydrogens is 548 g/mol. The van der Waals surface area contributed by atoms with E-state index >= 15 is 0 Å². The van der Waals surface area contributed by atoms with Gasteiger partial charge in [-0.2, -0.15) is 0 Å². The summed E-state index contributed by atoms with van der Waals surface area (Å²) in [5.41, 5.74) is 6.21. The second-order valence-electron chi connectivity index (χ2n) is 13.1. The largest absolute Gasteiger partial charge is 0.494 e. The normalized spacial score (nSPS) is 12.0. The van der Waals surface area contributed by atoms with Crippen molar-refractivity contribution in [3.8, 4) is 28.0 Å². The molecule has 0 aliphatic rings. The van der Waals surface area contributed by atoms with Gasteiger partial charge in [-0.25, -0.2) is 0 Å². The van der Waals surface area contributed by atoms with Crippen LogP contribution in [0.5, 0.6) is 5.75 Å². The van der Waals surface area contributed by atoms with Crippen LogP contribution in [0.3, 0.4) is 0 Å². The van der Waals surface area contributed by atoms with Crippen molar-refractivity contribution in [2.45, 2.75) is 149 Å². The van der Waals surface area contributed by atoms with Crippen molar-refractivity contribution in [3.63, 3.8) is 0 Å². The number of ether oxygens (including phenoxy) is 2. The Morgan fingerprint density at radius 2 is 0.844 bits per heavy atom. The van der Waals surface area contributed by atoms with Gasteiger partial charge in [0.1, 0.15) is 5.75 Å². The first-order valence-electron chi connectivity index (χ1n) is 18.8. The molecule has 0 aliphatic heterocycles. The zero-order chi connectivity index (χ0) is 31.8. The molecule has 0 radical (unpaired) electrons. The predicted octanol–water partition coefficient (Wildman–Crippen LogP) is 13.9. The molecule has 0 spiro atoms. The lowest BCUT2D eigenvalue weighted by atomic mass is 9.94. The minimum Gasteiger partial charge on any atom is -0.494 e. The van der Waals surface area contributed by atoms with Gasteiger partial charge < -0.3 is 9.47 Å². The van der Waals surface area contributed by atoms with Crippen LogP contribution in [0.15, 0.2) is 72.8 Å². The molecule has 3 aromatic carbocycles. The smallest absolute Gasteiger partial charge is 0.119 e. The zero-order valence-corrected chi connectivity index (χ0v) is 29.2. The standard InChI is InChI=1S/C43H64O2/c1-4-6-8-10-12-14-16-18-20-24-36-45-41-33-31-40(32-34-41)43-26-22-21-25-42(43)39-29-27-38(28-30-39)37(3)44-35-23-19-17-15-13-11-9-7-5-2/h21-22,25-34,37H,4-20,23-24,35-36H2,1-3H3. The summed E-state index contributed by atoms with van der Waals surface area (Å²) in [5.74, 6) is 0.966. The Balaban J connectivity index is 1.38. The molecule has 0 saturated carbocycles. The third-order valence-electron chi connectivity index (χ3n) is 9.17. The van der Waals surface area contributed by atoms with Crippen molar-refractivity contribution < 1.29 is 9.47 Å². The van der Waals surface area contributed by atoms with Gasteiger partial charge in [0, 0.05) is 6.61 Å². The zero-order valence-electron chi connectivity index (χ0n) is 29.2. The number of hydrogen-bond acceptors (Lipinski definition) is 2. The molecule has 0 bridgehead atoms. The monoisotopic (exact) mass is 612 g/mol. The fourth-order valence-electron chi connectivity index (χ4n) is 6.20. The molecule has 3 rings (SSSR count). The highest BCUT2D eigenvalue weighted by molar-refractivity contribution is 5.83. The lowest BCUT2D eigenvalue weighted by Crippen LogP contribution is -2.02. The third kappa shape index (κ3) is 15.0. The van der Waals surface area contributed by atoms with E-state index in [1.54, 1.807) is 0 Å². The third-order valence-corrected chi connectivity index (χ3v) is 9.17. The van der Waals surface area contributed by atoms with Crippen molar-refractivity contribution in [1.29, 1.82) is 0 Å². The van der Waals surface area contributed by atoms with Crippen LogP contribution in [0.4, 0.5) is 0 Å². The Morgan fingerprint density at radius 1 is 0.444 bits per heavy atom. The Labute approximate surface area is 277 Å². The maximum atomic E-state index is 6.20. The minimum absolute atomic E-state index is 0.121. The molecule has 0 aromatic heterocycles. The fraction of sp³-hybridized carbons (Fsp3) is 0.581. The summed E-state index contributed by atoms with van der Waals surface area (Å²) in [7, 11) is 0. The highest BCUT2D eigenvalue weighted by Crippen LogP contribution is 2.34. The first-order valence-corrected chi connectivity index (χ1v) is 18.8. The summed E-state index contributed by atoms with van der Waals surface area (Å²) >= 11 is 0.